The van der Waals surface area contributed by atoms with Crippen molar-refractivity contribution in [1.82, 2.24) is 44.9 Å². The summed E-state index contributed by atoms with van der Waals surface area (Å²) >= 11 is 0. The fraction of sp³-hybridized carbons (Fsp3) is 0.400. The Balaban J connectivity index is 0.000000198. The number of para-hydroxylation sites is 4. The molecule has 8 aromatic rings. The second-order valence-electron chi connectivity index (χ2n) is 22.8. The molecule has 2 fully saturated rings. The van der Waals surface area contributed by atoms with E-state index in [-0.39, 0.29) is 47.9 Å². The quantitative estimate of drug-likeness (QED) is 0.0686. The van der Waals surface area contributed by atoms with E-state index in [2.05, 4.69) is 91.8 Å². The number of piperidine rings is 2. The summed E-state index contributed by atoms with van der Waals surface area (Å²) in [6.07, 6.45) is 4.85. The highest BCUT2D eigenvalue weighted by molar-refractivity contribution is 5.85. The van der Waals surface area contributed by atoms with Gasteiger partial charge in [-0.05, 0) is 116 Å². The first kappa shape index (κ1) is 57.6. The molecule has 2 aliphatic rings. The molecule has 5 amide bonds. The first-order valence-corrected chi connectivity index (χ1v) is 28.7. The number of hydrogen-bond acceptors (Lipinski definition) is 9. The van der Waals surface area contributed by atoms with Gasteiger partial charge in [-0.2, -0.15) is 0 Å². The van der Waals surface area contributed by atoms with E-state index in [4.69, 9.17) is 20.4 Å². The maximum absolute atomic E-state index is 13.8. The summed E-state index contributed by atoms with van der Waals surface area (Å²) in [6, 6.07) is 44.5. The minimum Gasteiger partial charge on any atom is -0.444 e. The van der Waals surface area contributed by atoms with Crippen molar-refractivity contribution >= 4 is 73.3 Å². The summed E-state index contributed by atoms with van der Waals surface area (Å²) in [5.74, 6) is 2.15. The first-order valence-electron chi connectivity index (χ1n) is 28.7. The first-order chi connectivity index (χ1) is 39.0. The number of ether oxygens (including phenoxy) is 1. The van der Waals surface area contributed by atoms with Crippen molar-refractivity contribution in [2.75, 3.05) is 39.3 Å². The van der Waals surface area contributed by atoms with E-state index >= 15 is 0 Å². The number of imidazole rings is 2. The lowest BCUT2D eigenvalue weighted by Crippen LogP contribution is -2.46. The molecule has 0 radical (unpaired) electrons. The van der Waals surface area contributed by atoms with E-state index in [0.29, 0.717) is 65.1 Å². The van der Waals surface area contributed by atoms with Crippen LogP contribution in [0.25, 0.3) is 43.6 Å². The van der Waals surface area contributed by atoms with Gasteiger partial charge in [-0.25, -0.2) is 14.8 Å². The van der Waals surface area contributed by atoms with Crippen molar-refractivity contribution in [2.45, 2.75) is 129 Å². The van der Waals surface area contributed by atoms with Gasteiger partial charge in [-0.15, -0.1) is 0 Å². The van der Waals surface area contributed by atoms with Gasteiger partial charge in [-0.1, -0.05) is 109 Å². The zero-order valence-corrected chi connectivity index (χ0v) is 47.5. The van der Waals surface area contributed by atoms with Crippen LogP contribution in [0.3, 0.4) is 0 Å². The molecule has 2 saturated heterocycles. The molecule has 0 aliphatic carbocycles. The Morgan fingerprint density at radius 1 is 0.593 bits per heavy atom. The topological polar surface area (TPSA) is 199 Å². The van der Waals surface area contributed by atoms with Crippen LogP contribution >= 0.6 is 0 Å². The van der Waals surface area contributed by atoms with E-state index in [0.717, 1.165) is 87.8 Å². The van der Waals surface area contributed by atoms with Crippen LogP contribution in [0.2, 0.25) is 0 Å². The number of hydrogen-bond donors (Lipinski definition) is 4. The summed E-state index contributed by atoms with van der Waals surface area (Å²) in [6.45, 7) is 13.4. The van der Waals surface area contributed by atoms with Crippen LogP contribution in [0.15, 0.2) is 133 Å². The average Bonchev–Trinajstić information content (AvgIpc) is 4.20. The Labute approximate surface area is 474 Å². The molecular formula is C65H78N10O6. The van der Waals surface area contributed by atoms with Crippen LogP contribution in [0.5, 0.6) is 0 Å². The second-order valence-corrected chi connectivity index (χ2v) is 22.8. The number of amides is 5. The molecule has 2 aliphatic heterocycles. The van der Waals surface area contributed by atoms with Crippen molar-refractivity contribution in [1.29, 1.82) is 0 Å². The van der Waals surface area contributed by atoms with Gasteiger partial charge in [0, 0.05) is 103 Å². The van der Waals surface area contributed by atoms with Gasteiger partial charge in [0.05, 0.1) is 22.1 Å². The third-order valence-electron chi connectivity index (χ3n) is 15.3. The number of rotatable bonds is 17. The zero-order valence-electron chi connectivity index (χ0n) is 47.5. The van der Waals surface area contributed by atoms with Gasteiger partial charge in [0.25, 0.3) is 0 Å². The molecule has 2 aromatic heterocycles. The van der Waals surface area contributed by atoms with Crippen molar-refractivity contribution < 1.29 is 28.7 Å². The number of aromatic nitrogens is 4. The smallest absolute Gasteiger partial charge is 0.407 e. The van der Waals surface area contributed by atoms with Crippen molar-refractivity contribution in [3.05, 3.63) is 156 Å². The Kier molecular flexibility index (Phi) is 18.8. The number of nitrogens with zero attached hydrogens (tertiary/aromatic N) is 6. The molecular weight excluding hydrogens is 1020 g/mol. The number of fused-ring (bicyclic) bond motifs is 4. The van der Waals surface area contributed by atoms with Crippen LogP contribution in [0.1, 0.15) is 108 Å². The van der Waals surface area contributed by atoms with Crippen LogP contribution < -0.4 is 21.7 Å². The standard InChI is InChI=1S/C35H43N5O4.C30H35N5O2/c1-24(41)36-17-19-40-31-14-8-7-13-30(31)38-33(40)28-12-9-18-39(23-28)32(42)22-29(37-34(43)44-35(2,3)4)21-25-15-16-26-10-5-6-11-27(26)20-25;1-21(36)32-14-16-35-28-11-5-4-10-27(28)33-30(35)25-9-6-15-34(20-25)29(37)19-26(31)18-22-12-13-23-7-2-3-8-24(23)17-22/h5-8,10-11,13-16,20,28-29H,9,12,17-19,21-23H2,1-4H3,(H,36,41)(H,37,43);2-5,7-8,10-13,17,25-26H,6,9,14-16,18-20,31H2,1H3,(H,32,36)/t28-,29-;25-,26-/m11/s1. The third-order valence-corrected chi connectivity index (χ3v) is 15.3. The average molecular weight is 1100 g/mol. The Morgan fingerprint density at radius 2 is 1.04 bits per heavy atom. The number of nitrogens with one attached hydrogen (secondary N) is 3. The summed E-state index contributed by atoms with van der Waals surface area (Å²) < 4.78 is 9.94. The van der Waals surface area contributed by atoms with Crippen molar-refractivity contribution in [3.8, 4) is 0 Å². The molecule has 16 heteroatoms. The van der Waals surface area contributed by atoms with E-state index in [1.807, 2.05) is 97.3 Å². The Hall–Kier alpha value is -8.11. The monoisotopic (exact) mass is 1090 g/mol. The Morgan fingerprint density at radius 3 is 1.52 bits per heavy atom. The predicted octanol–water partition coefficient (Wildman–Crippen LogP) is 9.55. The second kappa shape index (κ2) is 26.4. The molecule has 81 heavy (non-hydrogen) atoms. The van der Waals surface area contributed by atoms with Crippen LogP contribution in [-0.4, -0.2) is 116 Å². The van der Waals surface area contributed by atoms with Crippen LogP contribution in [-0.2, 0) is 49.8 Å². The number of carbonyl (C=O) groups excluding carboxylic acids is 5. The van der Waals surface area contributed by atoms with Gasteiger partial charge in [0.2, 0.25) is 23.6 Å². The molecule has 16 nitrogen and oxygen atoms in total. The van der Waals surface area contributed by atoms with Gasteiger partial charge in [-0.3, -0.25) is 19.2 Å². The molecule has 0 saturated carbocycles. The molecule has 0 spiro atoms. The van der Waals surface area contributed by atoms with E-state index in [1.165, 1.54) is 24.6 Å². The van der Waals surface area contributed by atoms with E-state index in [9.17, 15) is 24.0 Å². The maximum atomic E-state index is 13.8. The molecule has 6 aromatic carbocycles. The number of nitrogens with two attached hydrogens (primary N) is 1. The van der Waals surface area contributed by atoms with E-state index < -0.39 is 17.7 Å². The zero-order chi connectivity index (χ0) is 57.0. The molecule has 10 rings (SSSR count). The number of likely N-dealkylation sites (tertiary alicyclic amines) is 2. The maximum Gasteiger partial charge on any atom is 0.407 e. The molecule has 5 N–H and O–H groups in total. The largest absolute Gasteiger partial charge is 0.444 e. The van der Waals surface area contributed by atoms with Crippen LogP contribution in [0, 0.1) is 0 Å². The van der Waals surface area contributed by atoms with Gasteiger partial charge in [0.1, 0.15) is 17.2 Å². The lowest BCUT2D eigenvalue weighted by molar-refractivity contribution is -0.133. The van der Waals surface area contributed by atoms with E-state index in [1.54, 1.807) is 0 Å². The Bertz CT molecular complexity index is 3510. The van der Waals surface area contributed by atoms with Crippen molar-refractivity contribution in [2.24, 2.45) is 5.73 Å². The van der Waals surface area contributed by atoms with Gasteiger partial charge in [0.15, 0.2) is 0 Å². The molecule has 0 bridgehead atoms. The molecule has 4 heterocycles. The highest BCUT2D eigenvalue weighted by Crippen LogP contribution is 2.32. The molecule has 424 valence electrons. The summed E-state index contributed by atoms with van der Waals surface area (Å²) in [7, 11) is 0. The predicted molar refractivity (Wildman–Crippen MR) is 320 cm³/mol. The number of benzene rings is 6. The van der Waals surface area contributed by atoms with Gasteiger partial charge < -0.3 is 45.4 Å². The lowest BCUT2D eigenvalue weighted by Gasteiger charge is -2.34. The fourth-order valence-corrected chi connectivity index (χ4v) is 11.5. The van der Waals surface area contributed by atoms with Crippen LogP contribution in [0.4, 0.5) is 4.79 Å². The number of carbonyl (C=O) groups is 5. The highest BCUT2D eigenvalue weighted by Gasteiger charge is 2.32. The van der Waals surface area contributed by atoms with Crippen molar-refractivity contribution in [3.63, 3.8) is 0 Å². The molecule has 0 unspecified atom stereocenters. The summed E-state index contributed by atoms with van der Waals surface area (Å²) in [4.78, 5) is 76.7. The fourth-order valence-electron chi connectivity index (χ4n) is 11.5. The number of alkyl carbamates (subject to hydrolysis) is 1. The van der Waals surface area contributed by atoms with Gasteiger partial charge >= 0.3 is 6.09 Å². The normalized spacial score (nSPS) is 16.4. The minimum atomic E-state index is -0.646. The lowest BCUT2D eigenvalue weighted by atomic mass is 9.95. The SMILES string of the molecule is CC(=O)NCCn1c([C@@H]2CCCN(C(=O)C[C@@H](Cc3ccc4ccccc4c3)NC(=O)OC(C)(C)C)C2)nc2ccccc21.CC(=O)NCCn1c([C@@H]2CCCN(C(=O)C[C@H](N)Cc3ccc4ccccc4c3)C2)nc2ccccc21. The third kappa shape index (κ3) is 15.4. The summed E-state index contributed by atoms with van der Waals surface area (Å²) in [5.41, 5.74) is 11.9. The summed E-state index contributed by atoms with van der Waals surface area (Å²) in [5, 5.41) is 13.4. The minimum absolute atomic E-state index is 0.00236. The molecule has 4 atom stereocenters. The highest BCUT2D eigenvalue weighted by atomic mass is 16.6.